The maximum Gasteiger partial charge on any atom is 0.252 e. The van der Waals surface area contributed by atoms with Crippen molar-refractivity contribution >= 4 is 21.4 Å². The summed E-state index contributed by atoms with van der Waals surface area (Å²) in [5.41, 5.74) is 1.05. The molecule has 5 nitrogen and oxygen atoms in total. The van der Waals surface area contributed by atoms with Crippen LogP contribution < -0.4 is 5.32 Å². The third-order valence-corrected chi connectivity index (χ3v) is 7.65. The van der Waals surface area contributed by atoms with Crippen LogP contribution in [0.15, 0.2) is 10.3 Å². The van der Waals surface area contributed by atoms with Crippen LogP contribution in [0.5, 0.6) is 0 Å². The van der Waals surface area contributed by atoms with Crippen molar-refractivity contribution in [1.29, 1.82) is 0 Å². The summed E-state index contributed by atoms with van der Waals surface area (Å²) in [6.45, 7) is 5.98. The Hall–Kier alpha value is -0.470. The summed E-state index contributed by atoms with van der Waals surface area (Å²) in [6, 6.07) is 2.10. The van der Waals surface area contributed by atoms with Gasteiger partial charge in [0.1, 0.15) is 4.21 Å². The summed E-state index contributed by atoms with van der Waals surface area (Å²) in [5, 5.41) is 3.08. The summed E-state index contributed by atoms with van der Waals surface area (Å²) in [6.07, 6.45) is 0. The van der Waals surface area contributed by atoms with E-state index in [0.29, 0.717) is 29.8 Å². The highest BCUT2D eigenvalue weighted by molar-refractivity contribution is 7.91. The van der Waals surface area contributed by atoms with Crippen LogP contribution in [-0.2, 0) is 16.6 Å². The summed E-state index contributed by atoms with van der Waals surface area (Å²) < 4.78 is 27.7. The minimum Gasteiger partial charge on any atom is -0.315 e. The molecule has 2 heterocycles. The van der Waals surface area contributed by atoms with Gasteiger partial charge in [0, 0.05) is 30.6 Å². The Bertz CT molecular complexity index is 595. The maximum absolute atomic E-state index is 12.8. The second-order valence-electron chi connectivity index (χ2n) is 6.03. The van der Waals surface area contributed by atoms with E-state index in [1.165, 1.54) is 11.3 Å². The van der Waals surface area contributed by atoms with Gasteiger partial charge in [-0.05, 0) is 45.6 Å². The Labute approximate surface area is 132 Å². The molecule has 21 heavy (non-hydrogen) atoms. The largest absolute Gasteiger partial charge is 0.315 e. The normalized spacial score (nSPS) is 24.1. The highest BCUT2D eigenvalue weighted by Gasteiger charge is 2.38. The van der Waals surface area contributed by atoms with Crippen molar-refractivity contribution in [3.05, 3.63) is 16.5 Å². The molecule has 1 N–H and O–H groups in total. The third-order valence-electron chi connectivity index (χ3n) is 4.13. The van der Waals surface area contributed by atoms with Gasteiger partial charge in [0.2, 0.25) is 0 Å². The van der Waals surface area contributed by atoms with Crippen LogP contribution in [0.3, 0.4) is 0 Å². The Kier molecular flexibility index (Phi) is 5.10. The Morgan fingerprint density at radius 3 is 2.62 bits per heavy atom. The van der Waals surface area contributed by atoms with E-state index < -0.39 is 10.0 Å². The molecule has 0 saturated carbocycles. The smallest absolute Gasteiger partial charge is 0.252 e. The van der Waals surface area contributed by atoms with Crippen molar-refractivity contribution < 1.29 is 8.42 Å². The average molecular weight is 332 g/mol. The number of thiophene rings is 1. The van der Waals surface area contributed by atoms with Crippen LogP contribution in [-0.4, -0.2) is 57.9 Å². The van der Waals surface area contributed by atoms with E-state index in [1.807, 2.05) is 28.1 Å². The van der Waals surface area contributed by atoms with Crippen LogP contribution in [0.25, 0.3) is 0 Å². The average Bonchev–Trinajstić information content (AvgIpc) is 2.95. The second-order valence-corrected chi connectivity index (χ2v) is 9.33. The Morgan fingerprint density at radius 2 is 2.10 bits per heavy atom. The van der Waals surface area contributed by atoms with Gasteiger partial charge in [-0.25, -0.2) is 8.42 Å². The lowest BCUT2D eigenvalue weighted by Gasteiger charge is -2.22. The first-order valence-electron chi connectivity index (χ1n) is 7.17. The van der Waals surface area contributed by atoms with Gasteiger partial charge >= 0.3 is 0 Å². The lowest BCUT2D eigenvalue weighted by molar-refractivity contribution is 0.263. The van der Waals surface area contributed by atoms with Gasteiger partial charge in [-0.3, -0.25) is 0 Å². The molecule has 120 valence electrons. The third kappa shape index (κ3) is 3.32. The molecule has 1 aliphatic rings. The van der Waals surface area contributed by atoms with Crippen molar-refractivity contribution in [3.8, 4) is 0 Å². The van der Waals surface area contributed by atoms with Gasteiger partial charge in [0.25, 0.3) is 10.0 Å². The fourth-order valence-corrected chi connectivity index (χ4v) is 6.17. The number of likely N-dealkylation sites (N-methyl/N-ethyl adjacent to an activating group) is 1. The number of rotatable bonds is 5. The molecule has 1 saturated heterocycles. The van der Waals surface area contributed by atoms with Gasteiger partial charge in [0.15, 0.2) is 0 Å². The van der Waals surface area contributed by atoms with E-state index >= 15 is 0 Å². The summed E-state index contributed by atoms with van der Waals surface area (Å²) in [7, 11) is 2.53. The van der Waals surface area contributed by atoms with E-state index in [2.05, 4.69) is 17.1 Å². The summed E-state index contributed by atoms with van der Waals surface area (Å²) in [5.74, 6) is 0.354. The van der Waals surface area contributed by atoms with Crippen molar-refractivity contribution in [2.24, 2.45) is 5.92 Å². The number of nitrogens with one attached hydrogen (secondary N) is 1. The molecule has 0 bridgehead atoms. The van der Waals surface area contributed by atoms with E-state index in [-0.39, 0.29) is 6.04 Å². The highest BCUT2D eigenvalue weighted by Crippen LogP contribution is 2.32. The lowest BCUT2D eigenvalue weighted by atomic mass is 10.1. The van der Waals surface area contributed by atoms with Gasteiger partial charge in [0.05, 0.1) is 0 Å². The van der Waals surface area contributed by atoms with Gasteiger partial charge in [-0.2, -0.15) is 4.31 Å². The quantitative estimate of drug-likeness (QED) is 0.885. The second kappa shape index (κ2) is 6.34. The van der Waals surface area contributed by atoms with E-state index in [0.717, 1.165) is 10.4 Å². The number of aryl methyl sites for hydroxylation is 1. The topological polar surface area (TPSA) is 52.7 Å². The first kappa shape index (κ1) is 16.9. The van der Waals surface area contributed by atoms with Crippen molar-refractivity contribution in [1.82, 2.24) is 14.5 Å². The number of hydrogen-bond acceptors (Lipinski definition) is 5. The first-order valence-corrected chi connectivity index (χ1v) is 9.43. The highest BCUT2D eigenvalue weighted by atomic mass is 32.2. The maximum atomic E-state index is 12.8. The summed E-state index contributed by atoms with van der Waals surface area (Å²) >= 11 is 1.38. The molecule has 1 aliphatic heterocycles. The van der Waals surface area contributed by atoms with Crippen LogP contribution in [0, 0.1) is 12.8 Å². The number of sulfonamides is 1. The minimum atomic E-state index is -3.36. The van der Waals surface area contributed by atoms with Crippen LogP contribution in [0.2, 0.25) is 0 Å². The zero-order valence-electron chi connectivity index (χ0n) is 13.4. The van der Waals surface area contributed by atoms with Crippen molar-refractivity contribution in [3.63, 3.8) is 0 Å². The van der Waals surface area contributed by atoms with Crippen LogP contribution >= 0.6 is 11.3 Å². The molecule has 0 spiro atoms. The first-order chi connectivity index (χ1) is 9.77. The van der Waals surface area contributed by atoms with Gasteiger partial charge < -0.3 is 10.2 Å². The molecular weight excluding hydrogens is 306 g/mol. The van der Waals surface area contributed by atoms with Crippen molar-refractivity contribution in [2.75, 3.05) is 34.2 Å². The predicted molar refractivity (Wildman–Crippen MR) is 87.2 cm³/mol. The van der Waals surface area contributed by atoms with Crippen molar-refractivity contribution in [2.45, 2.75) is 30.6 Å². The van der Waals surface area contributed by atoms with Crippen LogP contribution in [0.4, 0.5) is 0 Å². The molecule has 2 rings (SSSR count). The molecule has 2 atom stereocenters. The molecule has 0 aromatic carbocycles. The number of nitrogens with zero attached hydrogens (tertiary/aromatic N) is 2. The van der Waals surface area contributed by atoms with Crippen LogP contribution in [0.1, 0.15) is 17.4 Å². The standard InChI is InChI=1S/C14H25N3O2S2/c1-10-6-14(20-13(10)7-15-3)21(18,19)17-8-11(2)12(9-17)16(4)5/h6,11-12,15H,7-9H2,1-5H3. The fraction of sp³-hybridized carbons (Fsp3) is 0.714. The zero-order chi connectivity index (χ0) is 15.8. The molecule has 7 heteroatoms. The molecule has 2 unspecified atom stereocenters. The van der Waals surface area contributed by atoms with E-state index in [1.54, 1.807) is 10.4 Å². The minimum absolute atomic E-state index is 0.289. The molecule has 1 aromatic heterocycles. The monoisotopic (exact) mass is 331 g/mol. The molecule has 0 amide bonds. The molecule has 1 aromatic rings. The zero-order valence-corrected chi connectivity index (χ0v) is 15.0. The summed E-state index contributed by atoms with van der Waals surface area (Å²) in [4.78, 5) is 3.21. The van der Waals surface area contributed by atoms with E-state index in [9.17, 15) is 8.42 Å². The molecule has 1 fully saturated rings. The van der Waals surface area contributed by atoms with Gasteiger partial charge in [-0.1, -0.05) is 6.92 Å². The molecule has 0 aliphatic carbocycles. The SMILES string of the molecule is CNCc1sc(S(=O)(=O)N2CC(C)C(N(C)C)C2)cc1C. The fourth-order valence-electron chi connectivity index (χ4n) is 2.85. The van der Waals surface area contributed by atoms with E-state index in [4.69, 9.17) is 0 Å². The Morgan fingerprint density at radius 1 is 1.43 bits per heavy atom. The molecule has 0 radical (unpaired) electrons. The predicted octanol–water partition coefficient (Wildman–Crippen LogP) is 1.35. The molecular formula is C14H25N3O2S2. The van der Waals surface area contributed by atoms with Gasteiger partial charge in [-0.15, -0.1) is 11.3 Å². The number of hydrogen-bond donors (Lipinski definition) is 1. The Balaban J connectivity index is 2.25. The lowest BCUT2D eigenvalue weighted by Crippen LogP contribution is -2.35.